The third kappa shape index (κ3) is 3.85. The third-order valence-electron chi connectivity index (χ3n) is 2.42. The minimum atomic E-state index is -0.0371. The molecule has 2 heterocycles. The molecule has 1 fully saturated rings. The van der Waals surface area contributed by atoms with Gasteiger partial charge in [0.2, 0.25) is 0 Å². The molecule has 0 spiro atoms. The lowest BCUT2D eigenvalue weighted by molar-refractivity contribution is -0.107. The van der Waals surface area contributed by atoms with Gasteiger partial charge in [-0.05, 0) is 14.0 Å². The van der Waals surface area contributed by atoms with E-state index in [4.69, 9.17) is 4.84 Å². The fraction of sp³-hybridized carbons (Fsp3) is 0.615. The maximum Gasteiger partial charge on any atom is 0.344 e. The zero-order chi connectivity index (χ0) is 14.1. The summed E-state index contributed by atoms with van der Waals surface area (Å²) in [5.74, 6) is 0. The summed E-state index contributed by atoms with van der Waals surface area (Å²) in [5.41, 5.74) is 5.72. The van der Waals surface area contributed by atoms with Crippen molar-refractivity contribution in [3.63, 3.8) is 0 Å². The SMILES string of the molecule is C=CCON1C(=O)N2CC(C)=CC1C2.CC.CN. The molecule has 2 aliphatic rings. The van der Waals surface area contributed by atoms with E-state index in [1.54, 1.807) is 11.0 Å². The van der Waals surface area contributed by atoms with Crippen LogP contribution in [0.3, 0.4) is 0 Å². The van der Waals surface area contributed by atoms with Crippen LogP contribution in [0.2, 0.25) is 0 Å². The lowest BCUT2D eigenvalue weighted by Gasteiger charge is -2.19. The highest BCUT2D eigenvalue weighted by molar-refractivity contribution is 5.77. The monoisotopic (exact) mass is 255 g/mol. The van der Waals surface area contributed by atoms with Gasteiger partial charge in [-0.3, -0.25) is 4.84 Å². The molecular weight excluding hydrogens is 230 g/mol. The molecule has 2 bridgehead atoms. The molecule has 1 saturated heterocycles. The third-order valence-corrected chi connectivity index (χ3v) is 2.42. The number of hydrogen-bond acceptors (Lipinski definition) is 3. The maximum atomic E-state index is 11.7. The van der Waals surface area contributed by atoms with E-state index in [1.165, 1.54) is 17.7 Å². The lowest BCUT2D eigenvalue weighted by Crippen LogP contribution is -2.33. The minimum Gasteiger partial charge on any atom is -0.333 e. The van der Waals surface area contributed by atoms with Gasteiger partial charge in [-0.15, -0.1) is 6.58 Å². The van der Waals surface area contributed by atoms with Crippen molar-refractivity contribution in [2.45, 2.75) is 26.8 Å². The Bertz CT molecular complexity index is 303. The van der Waals surface area contributed by atoms with Gasteiger partial charge in [-0.2, -0.15) is 5.06 Å². The molecule has 0 aliphatic carbocycles. The highest BCUT2D eigenvalue weighted by Gasteiger charge is 2.39. The van der Waals surface area contributed by atoms with Gasteiger partial charge in [0.05, 0.1) is 12.6 Å². The molecule has 2 amide bonds. The maximum absolute atomic E-state index is 11.7. The van der Waals surface area contributed by atoms with Crippen LogP contribution in [0.15, 0.2) is 24.3 Å². The Hall–Kier alpha value is -1.33. The van der Waals surface area contributed by atoms with Crippen molar-refractivity contribution < 1.29 is 9.63 Å². The molecule has 0 radical (unpaired) electrons. The normalized spacial score (nSPS) is 20.4. The highest BCUT2D eigenvalue weighted by atomic mass is 16.7. The second-order valence-corrected chi connectivity index (χ2v) is 3.65. The second-order valence-electron chi connectivity index (χ2n) is 3.65. The predicted octanol–water partition coefficient (Wildman–Crippen LogP) is 1.77. The molecule has 1 unspecified atom stereocenters. The van der Waals surface area contributed by atoms with Crippen molar-refractivity contribution >= 4 is 6.03 Å². The van der Waals surface area contributed by atoms with Crippen molar-refractivity contribution in [2.24, 2.45) is 5.73 Å². The quantitative estimate of drug-likeness (QED) is 0.782. The number of rotatable bonds is 3. The molecule has 0 aromatic heterocycles. The van der Waals surface area contributed by atoms with E-state index in [0.717, 1.165) is 13.1 Å². The molecule has 18 heavy (non-hydrogen) atoms. The minimum absolute atomic E-state index is 0.0371. The smallest absolute Gasteiger partial charge is 0.333 e. The van der Waals surface area contributed by atoms with Crippen LogP contribution < -0.4 is 5.73 Å². The molecule has 0 saturated carbocycles. The summed E-state index contributed by atoms with van der Waals surface area (Å²) in [5, 5.41) is 1.44. The molecule has 2 rings (SSSR count). The average molecular weight is 255 g/mol. The van der Waals surface area contributed by atoms with Gasteiger partial charge in [0.25, 0.3) is 0 Å². The van der Waals surface area contributed by atoms with E-state index in [-0.39, 0.29) is 12.1 Å². The lowest BCUT2D eigenvalue weighted by atomic mass is 10.1. The Balaban J connectivity index is 0.000000659. The Kier molecular flexibility index (Phi) is 8.07. The van der Waals surface area contributed by atoms with E-state index in [2.05, 4.69) is 18.4 Å². The summed E-state index contributed by atoms with van der Waals surface area (Å²) in [6.45, 7) is 11.4. The van der Waals surface area contributed by atoms with Gasteiger partial charge in [-0.25, -0.2) is 4.79 Å². The van der Waals surface area contributed by atoms with Crippen molar-refractivity contribution in [1.29, 1.82) is 0 Å². The fourth-order valence-corrected chi connectivity index (χ4v) is 1.88. The van der Waals surface area contributed by atoms with Gasteiger partial charge < -0.3 is 10.6 Å². The number of carbonyl (C=O) groups excluding carboxylic acids is 1. The van der Waals surface area contributed by atoms with Crippen molar-refractivity contribution in [2.75, 3.05) is 26.7 Å². The van der Waals surface area contributed by atoms with Crippen LogP contribution in [0, 0.1) is 0 Å². The first-order valence-electron chi connectivity index (χ1n) is 6.29. The predicted molar refractivity (Wildman–Crippen MR) is 74.0 cm³/mol. The number of carbonyl (C=O) groups is 1. The number of hydroxylamine groups is 2. The summed E-state index contributed by atoms with van der Waals surface area (Å²) in [6, 6.07) is 0.0427. The number of nitrogens with two attached hydrogens (primary N) is 1. The molecule has 5 nitrogen and oxygen atoms in total. The summed E-state index contributed by atoms with van der Waals surface area (Å²) < 4.78 is 0. The van der Waals surface area contributed by atoms with E-state index >= 15 is 0 Å². The summed E-state index contributed by atoms with van der Waals surface area (Å²) in [7, 11) is 1.50. The van der Waals surface area contributed by atoms with Gasteiger partial charge >= 0.3 is 6.03 Å². The van der Waals surface area contributed by atoms with Crippen molar-refractivity contribution in [1.82, 2.24) is 9.96 Å². The zero-order valence-electron chi connectivity index (χ0n) is 11.8. The molecule has 5 heteroatoms. The van der Waals surface area contributed by atoms with E-state index in [1.807, 2.05) is 20.8 Å². The van der Waals surface area contributed by atoms with Gasteiger partial charge in [-0.1, -0.05) is 31.6 Å². The van der Waals surface area contributed by atoms with Crippen LogP contribution in [0.1, 0.15) is 20.8 Å². The molecule has 104 valence electrons. The van der Waals surface area contributed by atoms with E-state index in [9.17, 15) is 4.79 Å². The average Bonchev–Trinajstić information content (AvgIpc) is 2.63. The van der Waals surface area contributed by atoms with Gasteiger partial charge in [0, 0.05) is 13.1 Å². The summed E-state index contributed by atoms with van der Waals surface area (Å²) >= 11 is 0. The van der Waals surface area contributed by atoms with Crippen molar-refractivity contribution in [3.8, 4) is 0 Å². The molecule has 2 aliphatic heterocycles. The van der Waals surface area contributed by atoms with Crippen LogP contribution in [0.5, 0.6) is 0 Å². The van der Waals surface area contributed by atoms with Gasteiger partial charge in [0.1, 0.15) is 0 Å². The number of hydrogen-bond donors (Lipinski definition) is 1. The first kappa shape index (κ1) is 16.7. The van der Waals surface area contributed by atoms with Crippen LogP contribution in [0.4, 0.5) is 4.79 Å². The second kappa shape index (κ2) is 8.72. The Morgan fingerprint density at radius 2 is 2.17 bits per heavy atom. The highest BCUT2D eigenvalue weighted by Crippen LogP contribution is 2.24. The number of nitrogens with zero attached hydrogens (tertiary/aromatic N) is 2. The van der Waals surface area contributed by atoms with E-state index in [0.29, 0.717) is 6.61 Å². The van der Waals surface area contributed by atoms with Gasteiger partial charge in [0.15, 0.2) is 0 Å². The van der Waals surface area contributed by atoms with Crippen LogP contribution in [-0.4, -0.2) is 48.8 Å². The molecule has 0 aromatic rings. The first-order chi connectivity index (χ1) is 8.72. The Labute approximate surface area is 110 Å². The molecule has 1 atom stereocenters. The Morgan fingerprint density at radius 3 is 2.72 bits per heavy atom. The largest absolute Gasteiger partial charge is 0.344 e. The first-order valence-corrected chi connectivity index (χ1v) is 6.29. The topological polar surface area (TPSA) is 58.8 Å². The summed E-state index contributed by atoms with van der Waals surface area (Å²) in [6.07, 6.45) is 3.73. The van der Waals surface area contributed by atoms with Crippen molar-refractivity contribution in [3.05, 3.63) is 24.3 Å². The summed E-state index contributed by atoms with van der Waals surface area (Å²) in [4.78, 5) is 18.8. The fourth-order valence-electron chi connectivity index (χ4n) is 1.88. The molecular formula is C13H25N3O2. The zero-order valence-corrected chi connectivity index (χ0v) is 11.8. The number of urea groups is 1. The number of amides is 2. The van der Waals surface area contributed by atoms with Crippen LogP contribution >= 0.6 is 0 Å². The molecule has 2 N–H and O–H groups in total. The van der Waals surface area contributed by atoms with E-state index < -0.39 is 0 Å². The molecule has 0 aromatic carbocycles. The standard InChI is InChI=1S/C10H14N2O2.C2H6.CH5N/c1-3-4-14-12-9-5-8(2)6-11(7-9)10(12)13;2*1-2/h3,5,9H,1,4,6-7H2,2H3;1-2H3;2H2,1H3. The Morgan fingerprint density at radius 1 is 1.56 bits per heavy atom. The van der Waals surface area contributed by atoms with Crippen LogP contribution in [-0.2, 0) is 4.84 Å². The number of fused-ring (bicyclic) bond motifs is 2. The van der Waals surface area contributed by atoms with Crippen LogP contribution in [0.25, 0.3) is 0 Å².